The van der Waals surface area contributed by atoms with Crippen molar-refractivity contribution in [1.29, 1.82) is 0 Å². The Kier molecular flexibility index (Phi) is 3.12. The Hall–Kier alpha value is 0.209. The molecule has 0 saturated carbocycles. The van der Waals surface area contributed by atoms with Crippen molar-refractivity contribution in [3.05, 3.63) is 12.1 Å². The first-order chi connectivity index (χ1) is 6.36. The zero-order chi connectivity index (χ0) is 9.26. The van der Waals surface area contributed by atoms with Crippen LogP contribution in [0.15, 0.2) is 12.1 Å². The van der Waals surface area contributed by atoms with Crippen LogP contribution >= 0.6 is 8.60 Å². The van der Waals surface area contributed by atoms with Gasteiger partial charge in [-0.1, -0.05) is 0 Å². The van der Waals surface area contributed by atoms with Gasteiger partial charge < -0.3 is 0 Å². The van der Waals surface area contributed by atoms with Gasteiger partial charge in [0, 0.05) is 0 Å². The molecular weight excluding hydrogens is 318 g/mol. The van der Waals surface area contributed by atoms with Gasteiger partial charge in [0.2, 0.25) is 0 Å². The fourth-order valence-corrected chi connectivity index (χ4v) is 13.5. The molecule has 0 bridgehead atoms. The molecule has 13 heavy (non-hydrogen) atoms. The van der Waals surface area contributed by atoms with E-state index in [2.05, 4.69) is 0 Å². The van der Waals surface area contributed by atoms with Gasteiger partial charge in [0.05, 0.1) is 0 Å². The van der Waals surface area contributed by atoms with Gasteiger partial charge in [-0.2, -0.15) is 0 Å². The fraction of sp³-hybridized carbons (Fsp3) is 0.250. The third kappa shape index (κ3) is 1.72. The normalized spacial score (nSPS) is 14.0. The van der Waals surface area contributed by atoms with Gasteiger partial charge in [0.1, 0.15) is 0 Å². The molecular formula is C8H8O2SSe2. The van der Waals surface area contributed by atoms with Crippen LogP contribution in [0, 0.1) is 0 Å². The van der Waals surface area contributed by atoms with E-state index in [0.29, 0.717) is 27.7 Å². The number of rotatable bonds is 2. The van der Waals surface area contributed by atoms with Crippen molar-refractivity contribution in [2.45, 2.75) is 0 Å². The van der Waals surface area contributed by atoms with E-state index in [0.717, 1.165) is 11.5 Å². The average molecular weight is 326 g/mol. The Labute approximate surface area is 92.2 Å². The average Bonchev–Trinajstić information content (AvgIpc) is 2.64. The zero-order valence-corrected chi connectivity index (χ0v) is 11.4. The molecule has 0 aliphatic carbocycles. The first-order valence-corrected chi connectivity index (χ1v) is 10.2. The standard InChI is InChI=1S/C8H8O2SSe2/c1-9-5-3-4-6(10-2)8-7(5)12-11-13-8/h3-4H,1-2H3. The van der Waals surface area contributed by atoms with Gasteiger partial charge in [-0.05, 0) is 0 Å². The minimum absolute atomic E-state index is 0.523. The van der Waals surface area contributed by atoms with Crippen LogP contribution in [-0.2, 0) is 0 Å². The molecule has 1 aromatic carbocycles. The maximum absolute atomic E-state index is 5.31. The molecule has 1 aromatic rings. The summed E-state index contributed by atoms with van der Waals surface area (Å²) in [6, 6.07) is 4.00. The molecule has 1 heterocycles. The summed E-state index contributed by atoms with van der Waals surface area (Å²) in [4.78, 5) is 0. The van der Waals surface area contributed by atoms with E-state index in [-0.39, 0.29) is 0 Å². The quantitative estimate of drug-likeness (QED) is 0.710. The summed E-state index contributed by atoms with van der Waals surface area (Å²) >= 11 is 1.05. The molecule has 0 saturated heterocycles. The van der Waals surface area contributed by atoms with Crippen molar-refractivity contribution in [3.63, 3.8) is 0 Å². The van der Waals surface area contributed by atoms with Gasteiger partial charge in [-0.25, -0.2) is 0 Å². The molecule has 0 spiro atoms. The van der Waals surface area contributed by atoms with E-state index in [1.807, 2.05) is 20.7 Å². The van der Waals surface area contributed by atoms with E-state index in [4.69, 9.17) is 9.47 Å². The number of hydrogen-bond acceptors (Lipinski definition) is 3. The summed E-state index contributed by atoms with van der Waals surface area (Å²) in [5, 5.41) is 0. The summed E-state index contributed by atoms with van der Waals surface area (Å²) in [6.07, 6.45) is 0. The third-order valence-electron chi connectivity index (χ3n) is 1.71. The molecule has 0 amide bonds. The zero-order valence-electron chi connectivity index (χ0n) is 7.20. The SMILES string of the molecule is COc1ccc(OC)c2c1[Se]S[Se]2. The summed E-state index contributed by atoms with van der Waals surface area (Å²) in [7, 11) is 5.49. The Morgan fingerprint density at radius 3 is 1.85 bits per heavy atom. The van der Waals surface area contributed by atoms with Crippen LogP contribution in [0.5, 0.6) is 11.5 Å². The van der Waals surface area contributed by atoms with Crippen LogP contribution in [0.3, 0.4) is 0 Å². The Bertz CT molecular complexity index is 299. The topological polar surface area (TPSA) is 18.5 Å². The first-order valence-electron chi connectivity index (χ1n) is 3.63. The van der Waals surface area contributed by atoms with Crippen molar-refractivity contribution in [1.82, 2.24) is 0 Å². The fourth-order valence-electron chi connectivity index (χ4n) is 1.09. The van der Waals surface area contributed by atoms with E-state index in [1.54, 1.807) is 14.2 Å². The second-order valence-corrected chi connectivity index (χ2v) is 12.0. The van der Waals surface area contributed by atoms with Crippen molar-refractivity contribution in [3.8, 4) is 11.5 Å². The van der Waals surface area contributed by atoms with Crippen molar-refractivity contribution < 1.29 is 9.47 Å². The predicted molar refractivity (Wildman–Crippen MR) is 57.9 cm³/mol. The van der Waals surface area contributed by atoms with Crippen LogP contribution in [0.4, 0.5) is 0 Å². The molecule has 1 aliphatic rings. The molecule has 0 radical (unpaired) electrons. The van der Waals surface area contributed by atoms with Gasteiger partial charge in [-0.15, -0.1) is 0 Å². The molecule has 0 atom stereocenters. The Balaban J connectivity index is 2.52. The number of ether oxygens (including phenoxy) is 2. The van der Waals surface area contributed by atoms with Crippen LogP contribution in [0.25, 0.3) is 0 Å². The second kappa shape index (κ2) is 4.16. The minimum atomic E-state index is 0.523. The van der Waals surface area contributed by atoms with Crippen molar-refractivity contribution >= 4 is 45.2 Å². The van der Waals surface area contributed by atoms with Crippen LogP contribution < -0.4 is 18.4 Å². The van der Waals surface area contributed by atoms with E-state index >= 15 is 0 Å². The molecule has 2 nitrogen and oxygen atoms in total. The maximum atomic E-state index is 5.31. The summed E-state index contributed by atoms with van der Waals surface area (Å²) in [5.74, 6) is 2.06. The third-order valence-corrected chi connectivity index (χ3v) is 11.9. The van der Waals surface area contributed by atoms with Crippen molar-refractivity contribution in [2.24, 2.45) is 0 Å². The summed E-state index contributed by atoms with van der Waals surface area (Å²) < 4.78 is 13.4. The molecule has 70 valence electrons. The Morgan fingerprint density at radius 2 is 1.46 bits per heavy atom. The van der Waals surface area contributed by atoms with Crippen molar-refractivity contribution in [2.75, 3.05) is 14.2 Å². The van der Waals surface area contributed by atoms with E-state index in [9.17, 15) is 0 Å². The predicted octanol–water partition coefficient (Wildman–Crippen LogP) is -0.0604. The monoisotopic (exact) mass is 328 g/mol. The Morgan fingerprint density at radius 1 is 1.00 bits per heavy atom. The summed E-state index contributed by atoms with van der Waals surface area (Å²) in [6.45, 7) is 0. The molecule has 5 heteroatoms. The van der Waals surface area contributed by atoms with Crippen LogP contribution in [0.2, 0.25) is 0 Å². The van der Waals surface area contributed by atoms with Gasteiger partial charge in [0.15, 0.2) is 0 Å². The molecule has 2 rings (SSSR count). The van der Waals surface area contributed by atoms with E-state index in [1.165, 1.54) is 8.92 Å². The van der Waals surface area contributed by atoms with E-state index < -0.39 is 0 Å². The second-order valence-electron chi connectivity index (χ2n) is 2.36. The number of hydrogen-bond donors (Lipinski definition) is 0. The first kappa shape index (κ1) is 9.75. The number of benzene rings is 1. The van der Waals surface area contributed by atoms with Gasteiger partial charge >= 0.3 is 92.5 Å². The molecule has 0 unspecified atom stereocenters. The molecule has 1 aliphatic heterocycles. The molecule has 0 aromatic heterocycles. The van der Waals surface area contributed by atoms with Crippen LogP contribution in [-0.4, -0.2) is 41.9 Å². The number of fused-ring (bicyclic) bond motifs is 1. The van der Waals surface area contributed by atoms with Crippen LogP contribution in [0.1, 0.15) is 0 Å². The molecule has 0 fully saturated rings. The molecule has 0 N–H and O–H groups in total. The van der Waals surface area contributed by atoms with Gasteiger partial charge in [0.25, 0.3) is 0 Å². The number of methoxy groups -OCH3 is 2. The summed E-state index contributed by atoms with van der Waals surface area (Å²) in [5.41, 5.74) is 0. The van der Waals surface area contributed by atoms with Gasteiger partial charge in [-0.3, -0.25) is 0 Å².